The molecule has 0 aromatic heterocycles. The van der Waals surface area contributed by atoms with E-state index in [-0.39, 0.29) is 23.9 Å². The van der Waals surface area contributed by atoms with Crippen LogP contribution in [0.5, 0.6) is 0 Å². The van der Waals surface area contributed by atoms with Crippen molar-refractivity contribution in [3.8, 4) is 0 Å². The number of hydrogen-bond acceptors (Lipinski definition) is 2. The van der Waals surface area contributed by atoms with Crippen LogP contribution in [-0.2, 0) is 23.2 Å². The van der Waals surface area contributed by atoms with Crippen molar-refractivity contribution in [3.63, 3.8) is 0 Å². The number of rotatable bonds is 2. The van der Waals surface area contributed by atoms with Crippen LogP contribution in [-0.4, -0.2) is 37.0 Å². The highest BCUT2D eigenvalue weighted by atomic mass is 16.2. The number of benzene rings is 1. The van der Waals surface area contributed by atoms with Gasteiger partial charge in [-0.05, 0) is 28.5 Å². The van der Waals surface area contributed by atoms with Crippen LogP contribution < -0.4 is 10.6 Å². The minimum atomic E-state index is -0.333. The topological polar surface area (TPSA) is 61.4 Å². The molecule has 1 aromatic carbocycles. The highest BCUT2D eigenvalue weighted by Gasteiger charge is 2.23. The maximum atomic E-state index is 12.2. The molecule has 22 heavy (non-hydrogen) atoms. The van der Waals surface area contributed by atoms with Gasteiger partial charge in [0, 0.05) is 20.1 Å². The number of carbonyl (C=O) groups is 2. The Balaban J connectivity index is 2.06. The van der Waals surface area contributed by atoms with Crippen LogP contribution in [0.4, 0.5) is 4.79 Å². The first kappa shape index (κ1) is 16.3. The number of hydrogen-bond donors (Lipinski definition) is 2. The van der Waals surface area contributed by atoms with Crippen molar-refractivity contribution >= 4 is 11.9 Å². The zero-order chi connectivity index (χ0) is 16.3. The molecule has 0 unspecified atom stereocenters. The smallest absolute Gasteiger partial charge is 0.314 e. The van der Waals surface area contributed by atoms with Gasteiger partial charge in [-0.3, -0.25) is 4.79 Å². The molecule has 0 atom stereocenters. The lowest BCUT2D eigenvalue weighted by molar-refractivity contribution is -0.130. The second kappa shape index (κ2) is 6.38. The van der Waals surface area contributed by atoms with Gasteiger partial charge in [0.1, 0.15) is 0 Å². The van der Waals surface area contributed by atoms with Gasteiger partial charge < -0.3 is 15.5 Å². The standard InChI is InChI=1S/C17H25N3O2/c1-17(2,3)14-6-5-12-7-8-20(11-13(12)9-14)15(21)10-19-16(22)18-4/h5-6,9H,7-8,10-11H2,1-4H3,(H2,18,19,22). The van der Waals surface area contributed by atoms with Crippen LogP contribution in [0.25, 0.3) is 0 Å². The second-order valence-corrected chi connectivity index (χ2v) is 6.73. The van der Waals surface area contributed by atoms with Crippen LogP contribution in [0.15, 0.2) is 18.2 Å². The maximum absolute atomic E-state index is 12.2. The van der Waals surface area contributed by atoms with Gasteiger partial charge in [0.2, 0.25) is 5.91 Å². The molecule has 0 fully saturated rings. The van der Waals surface area contributed by atoms with Gasteiger partial charge in [0.05, 0.1) is 6.54 Å². The first-order valence-electron chi connectivity index (χ1n) is 7.67. The number of nitrogens with one attached hydrogen (secondary N) is 2. The largest absolute Gasteiger partial charge is 0.341 e. The monoisotopic (exact) mass is 303 g/mol. The number of fused-ring (bicyclic) bond motifs is 1. The third kappa shape index (κ3) is 3.78. The first-order valence-corrected chi connectivity index (χ1v) is 7.67. The summed E-state index contributed by atoms with van der Waals surface area (Å²) in [5.41, 5.74) is 3.91. The Morgan fingerprint density at radius 3 is 2.59 bits per heavy atom. The highest BCUT2D eigenvalue weighted by Crippen LogP contribution is 2.27. The zero-order valence-corrected chi connectivity index (χ0v) is 13.8. The molecule has 0 aliphatic carbocycles. The third-order valence-electron chi connectivity index (χ3n) is 4.06. The van der Waals surface area contributed by atoms with E-state index in [2.05, 4.69) is 49.6 Å². The molecule has 120 valence electrons. The average molecular weight is 303 g/mol. The summed E-state index contributed by atoms with van der Waals surface area (Å²) < 4.78 is 0. The minimum Gasteiger partial charge on any atom is -0.341 e. The summed E-state index contributed by atoms with van der Waals surface area (Å²) in [6, 6.07) is 6.24. The summed E-state index contributed by atoms with van der Waals surface area (Å²) >= 11 is 0. The fourth-order valence-electron chi connectivity index (χ4n) is 2.59. The summed E-state index contributed by atoms with van der Waals surface area (Å²) in [5.74, 6) is -0.0459. The maximum Gasteiger partial charge on any atom is 0.314 e. The fraction of sp³-hybridized carbons (Fsp3) is 0.529. The van der Waals surface area contributed by atoms with E-state index in [9.17, 15) is 9.59 Å². The predicted molar refractivity (Wildman–Crippen MR) is 86.7 cm³/mol. The van der Waals surface area contributed by atoms with Crippen LogP contribution in [0.1, 0.15) is 37.5 Å². The van der Waals surface area contributed by atoms with Gasteiger partial charge in [-0.15, -0.1) is 0 Å². The van der Waals surface area contributed by atoms with Gasteiger partial charge in [-0.25, -0.2) is 4.79 Å². The number of amides is 3. The molecular formula is C17H25N3O2. The molecule has 1 aliphatic rings. The van der Waals surface area contributed by atoms with Crippen LogP contribution in [0.3, 0.4) is 0 Å². The van der Waals surface area contributed by atoms with Crippen molar-refractivity contribution in [3.05, 3.63) is 34.9 Å². The number of urea groups is 1. The molecule has 5 heteroatoms. The van der Waals surface area contributed by atoms with E-state index in [0.29, 0.717) is 13.1 Å². The van der Waals surface area contributed by atoms with Crippen molar-refractivity contribution in [1.82, 2.24) is 15.5 Å². The SMILES string of the molecule is CNC(=O)NCC(=O)N1CCc2ccc(C(C)(C)C)cc2C1. The van der Waals surface area contributed by atoms with Gasteiger partial charge in [-0.1, -0.05) is 39.0 Å². The average Bonchev–Trinajstić information content (AvgIpc) is 2.50. The predicted octanol–water partition coefficient (Wildman–Crippen LogP) is 1.80. The molecule has 5 nitrogen and oxygen atoms in total. The highest BCUT2D eigenvalue weighted by molar-refractivity contribution is 5.84. The van der Waals surface area contributed by atoms with Crippen molar-refractivity contribution in [2.75, 3.05) is 20.1 Å². The summed E-state index contributed by atoms with van der Waals surface area (Å²) in [5, 5.41) is 4.99. The summed E-state index contributed by atoms with van der Waals surface area (Å²) in [6.07, 6.45) is 0.867. The van der Waals surface area contributed by atoms with Crippen molar-refractivity contribution < 1.29 is 9.59 Å². The van der Waals surface area contributed by atoms with E-state index in [4.69, 9.17) is 0 Å². The lowest BCUT2D eigenvalue weighted by Gasteiger charge is -2.30. The molecule has 0 spiro atoms. The van der Waals surface area contributed by atoms with Crippen LogP contribution in [0, 0.1) is 0 Å². The Kier molecular flexibility index (Phi) is 4.74. The van der Waals surface area contributed by atoms with Gasteiger partial charge in [-0.2, -0.15) is 0 Å². The molecule has 2 N–H and O–H groups in total. The molecule has 2 rings (SSSR count). The van der Waals surface area contributed by atoms with E-state index in [1.807, 2.05) is 4.90 Å². The fourth-order valence-corrected chi connectivity index (χ4v) is 2.59. The van der Waals surface area contributed by atoms with Gasteiger partial charge in [0.25, 0.3) is 0 Å². The quantitative estimate of drug-likeness (QED) is 0.875. The number of nitrogens with zero attached hydrogens (tertiary/aromatic N) is 1. The molecule has 1 heterocycles. The Bertz CT molecular complexity index is 576. The lowest BCUT2D eigenvalue weighted by Crippen LogP contribution is -2.44. The molecule has 0 radical (unpaired) electrons. The molecule has 3 amide bonds. The van der Waals surface area contributed by atoms with E-state index < -0.39 is 0 Å². The van der Waals surface area contributed by atoms with Crippen molar-refractivity contribution in [2.45, 2.75) is 39.2 Å². The Hall–Kier alpha value is -2.04. The zero-order valence-electron chi connectivity index (χ0n) is 13.8. The summed E-state index contributed by atoms with van der Waals surface area (Å²) in [4.78, 5) is 25.2. The van der Waals surface area contributed by atoms with E-state index in [0.717, 1.165) is 6.42 Å². The van der Waals surface area contributed by atoms with E-state index in [1.165, 1.54) is 23.7 Å². The third-order valence-corrected chi connectivity index (χ3v) is 4.06. The molecule has 0 bridgehead atoms. The Morgan fingerprint density at radius 1 is 1.23 bits per heavy atom. The molecule has 0 saturated carbocycles. The number of carbonyl (C=O) groups excluding carboxylic acids is 2. The molecule has 1 aliphatic heterocycles. The Labute approximate surface area is 132 Å². The first-order chi connectivity index (χ1) is 10.3. The summed E-state index contributed by atoms with van der Waals surface area (Å²) in [6.45, 7) is 7.92. The van der Waals surface area contributed by atoms with E-state index in [1.54, 1.807) is 0 Å². The molecule has 0 saturated heterocycles. The molecule has 1 aromatic rings. The van der Waals surface area contributed by atoms with E-state index >= 15 is 0 Å². The second-order valence-electron chi connectivity index (χ2n) is 6.73. The summed E-state index contributed by atoms with van der Waals surface area (Å²) in [7, 11) is 1.53. The Morgan fingerprint density at radius 2 is 1.95 bits per heavy atom. The lowest BCUT2D eigenvalue weighted by atomic mass is 9.84. The molecular weight excluding hydrogens is 278 g/mol. The van der Waals surface area contributed by atoms with Crippen LogP contribution >= 0.6 is 0 Å². The normalized spacial score (nSPS) is 14.3. The van der Waals surface area contributed by atoms with Gasteiger partial charge in [0.15, 0.2) is 0 Å². The van der Waals surface area contributed by atoms with Crippen molar-refractivity contribution in [1.29, 1.82) is 0 Å². The van der Waals surface area contributed by atoms with Crippen LogP contribution in [0.2, 0.25) is 0 Å². The van der Waals surface area contributed by atoms with Gasteiger partial charge >= 0.3 is 6.03 Å². The van der Waals surface area contributed by atoms with Crippen molar-refractivity contribution in [2.24, 2.45) is 0 Å². The minimum absolute atomic E-state index is 0.0357.